The standard InChI is InChI=1S/C25H38O4/c1-6-16(3)25(27)29-23-12-15(2)11-19-8-7-17(4)22(24(19)23)10-9-21-14-20(26)13-18(5)28-21/h7-8,11,15-17,20-24,26H,5-6,9-10,12-14H2,1-4H3/t15-,16-,17-,20-,21?,22-,23-,24-/m0/s1. The van der Waals surface area contributed by atoms with Crippen molar-refractivity contribution < 1.29 is 19.4 Å². The number of fused-ring (bicyclic) bond motifs is 1. The molecule has 0 aromatic carbocycles. The van der Waals surface area contributed by atoms with Crippen molar-refractivity contribution in [3.8, 4) is 0 Å². The summed E-state index contributed by atoms with van der Waals surface area (Å²) in [5, 5.41) is 10.1. The number of carbonyl (C=O) groups excluding carboxylic acids is 1. The van der Waals surface area contributed by atoms with E-state index < -0.39 is 0 Å². The van der Waals surface area contributed by atoms with E-state index in [0.717, 1.165) is 25.7 Å². The Hall–Kier alpha value is -1.55. The third-order valence-electron chi connectivity index (χ3n) is 7.03. The van der Waals surface area contributed by atoms with Gasteiger partial charge in [0.15, 0.2) is 0 Å². The molecule has 8 atom stereocenters. The fourth-order valence-corrected chi connectivity index (χ4v) is 5.19. The molecule has 1 fully saturated rings. The fraction of sp³-hybridized carbons (Fsp3) is 0.720. The maximum Gasteiger partial charge on any atom is 0.308 e. The van der Waals surface area contributed by atoms with Crippen molar-refractivity contribution in [1.29, 1.82) is 0 Å². The van der Waals surface area contributed by atoms with Crippen LogP contribution in [-0.4, -0.2) is 29.4 Å². The van der Waals surface area contributed by atoms with Gasteiger partial charge in [-0.2, -0.15) is 0 Å². The molecule has 4 heteroatoms. The first-order valence-corrected chi connectivity index (χ1v) is 11.4. The summed E-state index contributed by atoms with van der Waals surface area (Å²) in [5.41, 5.74) is 1.32. The van der Waals surface area contributed by atoms with Gasteiger partial charge in [-0.1, -0.05) is 52.5 Å². The Morgan fingerprint density at radius 3 is 2.79 bits per heavy atom. The van der Waals surface area contributed by atoms with Gasteiger partial charge in [0.1, 0.15) is 12.2 Å². The zero-order valence-electron chi connectivity index (χ0n) is 18.5. The highest BCUT2D eigenvalue weighted by molar-refractivity contribution is 5.72. The van der Waals surface area contributed by atoms with Crippen LogP contribution in [0, 0.1) is 29.6 Å². The van der Waals surface area contributed by atoms with Crippen LogP contribution in [0.2, 0.25) is 0 Å². The number of esters is 1. The Bertz CT molecular complexity index is 664. The normalized spacial score (nSPS) is 37.9. The SMILES string of the molecule is C=C1C[C@H](O)CC(CC[C@@H]2[C@@H]3C(=C[C@H](C)C[C@@H]3OC(=O)[C@@H](C)CC)C=C[C@@H]2C)O1. The molecule has 0 saturated carbocycles. The Balaban J connectivity index is 1.74. The molecule has 162 valence electrons. The first-order chi connectivity index (χ1) is 13.8. The van der Waals surface area contributed by atoms with Crippen LogP contribution in [-0.2, 0) is 14.3 Å². The topological polar surface area (TPSA) is 55.8 Å². The number of carbonyl (C=O) groups is 1. The Morgan fingerprint density at radius 2 is 2.10 bits per heavy atom. The molecule has 1 unspecified atom stereocenters. The van der Waals surface area contributed by atoms with Crippen LogP contribution in [0.5, 0.6) is 0 Å². The molecule has 0 amide bonds. The highest BCUT2D eigenvalue weighted by atomic mass is 16.5. The maximum atomic E-state index is 12.6. The summed E-state index contributed by atoms with van der Waals surface area (Å²) in [6.45, 7) is 12.4. The van der Waals surface area contributed by atoms with Gasteiger partial charge < -0.3 is 14.6 Å². The summed E-state index contributed by atoms with van der Waals surface area (Å²) in [6.07, 6.45) is 11.3. The van der Waals surface area contributed by atoms with Crippen molar-refractivity contribution in [2.24, 2.45) is 29.6 Å². The highest BCUT2D eigenvalue weighted by Crippen LogP contribution is 2.45. The van der Waals surface area contributed by atoms with E-state index in [1.807, 2.05) is 13.8 Å². The van der Waals surface area contributed by atoms with Gasteiger partial charge in [0.05, 0.1) is 17.8 Å². The number of allylic oxidation sites excluding steroid dienone is 3. The van der Waals surface area contributed by atoms with E-state index in [9.17, 15) is 9.90 Å². The first kappa shape index (κ1) is 22.1. The molecular weight excluding hydrogens is 364 g/mol. The van der Waals surface area contributed by atoms with Gasteiger partial charge in [0.2, 0.25) is 0 Å². The number of aliphatic hydroxyl groups excluding tert-OH is 1. The average molecular weight is 403 g/mol. The summed E-state index contributed by atoms with van der Waals surface area (Å²) in [7, 11) is 0. The molecule has 29 heavy (non-hydrogen) atoms. The molecule has 0 radical (unpaired) electrons. The van der Waals surface area contributed by atoms with Crippen molar-refractivity contribution in [3.63, 3.8) is 0 Å². The predicted molar refractivity (Wildman–Crippen MR) is 115 cm³/mol. The summed E-state index contributed by atoms with van der Waals surface area (Å²) >= 11 is 0. The number of hydrogen-bond donors (Lipinski definition) is 1. The van der Waals surface area contributed by atoms with Gasteiger partial charge in [-0.05, 0) is 49.0 Å². The van der Waals surface area contributed by atoms with E-state index in [2.05, 4.69) is 38.7 Å². The zero-order valence-corrected chi connectivity index (χ0v) is 18.5. The number of aliphatic hydroxyl groups is 1. The molecule has 1 heterocycles. The van der Waals surface area contributed by atoms with E-state index in [-0.39, 0.29) is 36.1 Å². The molecule has 2 aliphatic carbocycles. The molecule has 0 spiro atoms. The van der Waals surface area contributed by atoms with Crippen LogP contribution in [0.4, 0.5) is 0 Å². The van der Waals surface area contributed by atoms with E-state index >= 15 is 0 Å². The molecule has 1 N–H and O–H groups in total. The number of ether oxygens (including phenoxy) is 2. The minimum atomic E-state index is -0.347. The lowest BCUT2D eigenvalue weighted by atomic mass is 9.65. The van der Waals surface area contributed by atoms with Gasteiger partial charge in [-0.15, -0.1) is 0 Å². The van der Waals surface area contributed by atoms with Crippen LogP contribution >= 0.6 is 0 Å². The second-order valence-corrected chi connectivity index (χ2v) is 9.52. The third kappa shape index (κ3) is 5.33. The Morgan fingerprint density at radius 1 is 1.34 bits per heavy atom. The summed E-state index contributed by atoms with van der Waals surface area (Å²) in [4.78, 5) is 12.6. The second-order valence-electron chi connectivity index (χ2n) is 9.52. The van der Waals surface area contributed by atoms with Crippen molar-refractivity contribution in [3.05, 3.63) is 36.1 Å². The van der Waals surface area contributed by atoms with Crippen molar-refractivity contribution in [2.45, 2.75) is 84.5 Å². The quantitative estimate of drug-likeness (QED) is 0.622. The van der Waals surface area contributed by atoms with Crippen molar-refractivity contribution in [1.82, 2.24) is 0 Å². The lowest BCUT2D eigenvalue weighted by molar-refractivity contribution is -0.158. The molecule has 1 saturated heterocycles. The van der Waals surface area contributed by atoms with Gasteiger partial charge in [-0.3, -0.25) is 4.79 Å². The molecule has 3 aliphatic rings. The number of rotatable bonds is 6. The van der Waals surface area contributed by atoms with Crippen LogP contribution in [0.15, 0.2) is 36.1 Å². The van der Waals surface area contributed by atoms with Gasteiger partial charge in [0.25, 0.3) is 0 Å². The van der Waals surface area contributed by atoms with Crippen molar-refractivity contribution in [2.75, 3.05) is 0 Å². The van der Waals surface area contributed by atoms with Crippen LogP contribution < -0.4 is 0 Å². The van der Waals surface area contributed by atoms with E-state index in [1.165, 1.54) is 5.57 Å². The monoisotopic (exact) mass is 402 g/mol. The lowest BCUT2D eigenvalue weighted by Gasteiger charge is -2.43. The van der Waals surface area contributed by atoms with E-state index in [0.29, 0.717) is 36.4 Å². The van der Waals surface area contributed by atoms with Crippen LogP contribution in [0.25, 0.3) is 0 Å². The third-order valence-corrected chi connectivity index (χ3v) is 7.03. The van der Waals surface area contributed by atoms with Crippen molar-refractivity contribution >= 4 is 5.97 Å². The molecule has 1 aliphatic heterocycles. The maximum absolute atomic E-state index is 12.6. The molecule has 0 bridgehead atoms. The van der Waals surface area contributed by atoms with Gasteiger partial charge in [0, 0.05) is 18.8 Å². The second kappa shape index (κ2) is 9.51. The molecule has 0 aromatic heterocycles. The summed E-state index contributed by atoms with van der Waals surface area (Å²) < 4.78 is 12.0. The Labute approximate surface area is 176 Å². The molecule has 4 nitrogen and oxygen atoms in total. The average Bonchev–Trinajstić information content (AvgIpc) is 2.65. The Kier molecular flexibility index (Phi) is 7.26. The molecular formula is C25H38O4. The molecule has 3 rings (SSSR count). The summed E-state index contributed by atoms with van der Waals surface area (Å²) in [6, 6.07) is 0. The summed E-state index contributed by atoms with van der Waals surface area (Å²) in [5.74, 6) is 2.06. The van der Waals surface area contributed by atoms with E-state index in [4.69, 9.17) is 9.47 Å². The predicted octanol–water partition coefficient (Wildman–Crippen LogP) is 5.18. The van der Waals surface area contributed by atoms with Crippen LogP contribution in [0.1, 0.15) is 66.2 Å². The minimum Gasteiger partial charge on any atom is -0.495 e. The number of hydrogen-bond acceptors (Lipinski definition) is 4. The first-order valence-electron chi connectivity index (χ1n) is 11.4. The van der Waals surface area contributed by atoms with Crippen LogP contribution in [0.3, 0.4) is 0 Å². The lowest BCUT2D eigenvalue weighted by Crippen LogP contribution is -2.42. The van der Waals surface area contributed by atoms with Gasteiger partial charge in [-0.25, -0.2) is 0 Å². The highest BCUT2D eigenvalue weighted by Gasteiger charge is 2.42. The zero-order chi connectivity index (χ0) is 21.1. The molecule has 0 aromatic rings. The fourth-order valence-electron chi connectivity index (χ4n) is 5.19. The minimum absolute atomic E-state index is 0.0282. The van der Waals surface area contributed by atoms with E-state index in [1.54, 1.807) is 0 Å². The smallest absolute Gasteiger partial charge is 0.308 e. The van der Waals surface area contributed by atoms with Gasteiger partial charge >= 0.3 is 5.97 Å². The largest absolute Gasteiger partial charge is 0.495 e.